The van der Waals surface area contributed by atoms with Gasteiger partial charge >= 0.3 is 11.9 Å². The number of carbonyl (C=O) groups excluding carboxylic acids is 2. The first-order valence-electron chi connectivity index (χ1n) is 16.6. The third-order valence-corrected chi connectivity index (χ3v) is 9.89. The molecule has 6 nitrogen and oxygen atoms in total. The second-order valence-corrected chi connectivity index (χ2v) is 19.1. The van der Waals surface area contributed by atoms with E-state index in [4.69, 9.17) is 9.47 Å². The Labute approximate surface area is 280 Å². The van der Waals surface area contributed by atoms with Crippen LogP contribution in [0.1, 0.15) is 69.1 Å². The first-order chi connectivity index (χ1) is 22.4. The van der Waals surface area contributed by atoms with Crippen molar-refractivity contribution in [3.8, 4) is 0 Å². The van der Waals surface area contributed by atoms with Gasteiger partial charge in [-0.2, -0.15) is 0 Å². The van der Waals surface area contributed by atoms with E-state index in [0.717, 1.165) is 47.2 Å². The van der Waals surface area contributed by atoms with Crippen LogP contribution in [-0.2, 0) is 30.3 Å². The van der Waals surface area contributed by atoms with Crippen LogP contribution < -0.4 is 0 Å². The number of hydrogen-bond acceptors (Lipinski definition) is 6. The molecule has 3 aromatic rings. The molecule has 2 aliphatic heterocycles. The van der Waals surface area contributed by atoms with Crippen molar-refractivity contribution in [3.63, 3.8) is 0 Å². The maximum absolute atomic E-state index is 13.3. The van der Waals surface area contributed by atoms with Crippen molar-refractivity contribution in [3.05, 3.63) is 137 Å². The van der Waals surface area contributed by atoms with Crippen LogP contribution in [0.25, 0.3) is 5.57 Å². The summed E-state index contributed by atoms with van der Waals surface area (Å²) in [4.78, 5) is 24.8. The zero-order valence-corrected chi connectivity index (χ0v) is 29.3. The molecule has 0 amide bonds. The van der Waals surface area contributed by atoms with Gasteiger partial charge in [-0.25, -0.2) is 9.59 Å². The number of rotatable bonds is 10. The Bertz CT molecular complexity index is 1600. The number of aliphatic hydroxyl groups is 2. The number of ether oxygens (including phenoxy) is 2. The highest BCUT2D eigenvalue weighted by atomic mass is 28.3. The molecule has 0 aliphatic carbocycles. The summed E-state index contributed by atoms with van der Waals surface area (Å²) in [6.07, 6.45) is 7.03. The number of esters is 2. The van der Waals surface area contributed by atoms with E-state index in [-0.39, 0.29) is 11.5 Å². The lowest BCUT2D eigenvalue weighted by Gasteiger charge is -2.38. The second kappa shape index (κ2) is 15.5. The van der Waals surface area contributed by atoms with Gasteiger partial charge in [0.25, 0.3) is 0 Å². The monoisotopic (exact) mass is 652 g/mol. The molecule has 0 spiro atoms. The summed E-state index contributed by atoms with van der Waals surface area (Å²) in [6.45, 7) is 11.0. The van der Waals surface area contributed by atoms with Gasteiger partial charge in [0.05, 0.1) is 12.5 Å². The SMILES string of the molecule is CCCC1(c2ccccc2)CC(O)=C(/C(=C/C[Si](C)(C)C)c2ccccc2)C(=O)O1.CCCC1(c2ccccc2)CC(O)=CC(=O)O1. The molecule has 0 radical (unpaired) electrons. The lowest BCUT2D eigenvalue weighted by atomic mass is 9.81. The van der Waals surface area contributed by atoms with Crippen LogP contribution in [-0.4, -0.2) is 30.2 Å². The highest BCUT2D eigenvalue weighted by Crippen LogP contribution is 2.44. The summed E-state index contributed by atoms with van der Waals surface area (Å²) in [5.74, 6) is -0.694. The normalized spacial score (nSPS) is 21.6. The van der Waals surface area contributed by atoms with Crippen LogP contribution in [0.4, 0.5) is 0 Å². The fourth-order valence-corrected chi connectivity index (χ4v) is 7.13. The summed E-state index contributed by atoms with van der Waals surface area (Å²) >= 11 is 0. The molecule has 47 heavy (non-hydrogen) atoms. The molecule has 0 aromatic heterocycles. The van der Waals surface area contributed by atoms with Crippen molar-refractivity contribution in [2.45, 2.75) is 89.3 Å². The van der Waals surface area contributed by atoms with E-state index >= 15 is 0 Å². The Morgan fingerprint density at radius 3 is 1.68 bits per heavy atom. The smallest absolute Gasteiger partial charge is 0.343 e. The van der Waals surface area contributed by atoms with Crippen molar-refractivity contribution in [2.75, 3.05) is 0 Å². The van der Waals surface area contributed by atoms with E-state index in [9.17, 15) is 19.8 Å². The fourth-order valence-electron chi connectivity index (χ4n) is 6.32. The third kappa shape index (κ3) is 8.92. The van der Waals surface area contributed by atoms with Gasteiger partial charge in [0.15, 0.2) is 0 Å². The Kier molecular flexibility index (Phi) is 11.7. The van der Waals surface area contributed by atoms with E-state index < -0.39 is 31.2 Å². The van der Waals surface area contributed by atoms with Crippen LogP contribution in [0.5, 0.6) is 0 Å². The van der Waals surface area contributed by atoms with Crippen molar-refractivity contribution in [2.24, 2.45) is 0 Å². The Morgan fingerprint density at radius 1 is 0.745 bits per heavy atom. The predicted octanol–water partition coefficient (Wildman–Crippen LogP) is 9.93. The molecule has 0 saturated heterocycles. The van der Waals surface area contributed by atoms with E-state index in [2.05, 4.69) is 32.6 Å². The summed E-state index contributed by atoms with van der Waals surface area (Å²) in [7, 11) is -1.39. The molecule has 2 N–H and O–H groups in total. The second-order valence-electron chi connectivity index (χ2n) is 13.6. The summed E-state index contributed by atoms with van der Waals surface area (Å²) in [5.41, 5.74) is 2.36. The predicted molar refractivity (Wildman–Crippen MR) is 190 cm³/mol. The van der Waals surface area contributed by atoms with Crippen molar-refractivity contribution >= 4 is 25.6 Å². The molecule has 2 aliphatic rings. The standard InChI is InChI=1S/C26H32O3Si.C14H16O3/c1-5-17-26(21-14-10-7-11-15-21)19-23(27)24(25(28)29-26)22(16-18-30(2,3)4)20-12-8-6-9-13-20;1-2-8-14(11-6-4-3-5-7-11)10-12(15)9-13(16)17-14/h6-16,27H,5,17-19H2,1-4H3;3-7,9,15H,2,8,10H2,1H3/b22-16+;. The molecule has 2 heterocycles. The van der Waals surface area contributed by atoms with Crippen molar-refractivity contribution in [1.82, 2.24) is 0 Å². The maximum Gasteiger partial charge on any atom is 0.343 e. The van der Waals surface area contributed by atoms with Crippen LogP contribution in [0, 0.1) is 0 Å². The molecule has 0 bridgehead atoms. The zero-order valence-electron chi connectivity index (χ0n) is 28.3. The Balaban J connectivity index is 0.000000248. The van der Waals surface area contributed by atoms with E-state index in [1.807, 2.05) is 97.9 Å². The van der Waals surface area contributed by atoms with Crippen LogP contribution >= 0.6 is 0 Å². The maximum atomic E-state index is 13.3. The molecule has 7 heteroatoms. The quantitative estimate of drug-likeness (QED) is 0.167. The average Bonchev–Trinajstić information content (AvgIpc) is 3.03. The van der Waals surface area contributed by atoms with Crippen LogP contribution in [0.15, 0.2) is 120 Å². The lowest BCUT2D eigenvalue weighted by Crippen LogP contribution is -2.38. The average molecular weight is 653 g/mol. The number of carbonyl (C=O) groups is 2. The first-order valence-corrected chi connectivity index (χ1v) is 20.3. The largest absolute Gasteiger partial charge is 0.512 e. The van der Waals surface area contributed by atoms with Crippen LogP contribution in [0.2, 0.25) is 25.7 Å². The van der Waals surface area contributed by atoms with E-state index in [0.29, 0.717) is 31.3 Å². The minimum absolute atomic E-state index is 0.0959. The zero-order chi connectivity index (χ0) is 34.1. The highest BCUT2D eigenvalue weighted by Gasteiger charge is 2.44. The van der Waals surface area contributed by atoms with Gasteiger partial charge in [0, 0.05) is 14.5 Å². The van der Waals surface area contributed by atoms with Gasteiger partial charge in [-0.3, -0.25) is 0 Å². The van der Waals surface area contributed by atoms with Gasteiger partial charge in [-0.15, -0.1) is 0 Å². The number of aliphatic hydroxyl groups excluding tert-OH is 2. The summed E-state index contributed by atoms with van der Waals surface area (Å²) in [6, 6.07) is 30.1. The first kappa shape index (κ1) is 35.5. The van der Waals surface area contributed by atoms with Crippen molar-refractivity contribution in [1.29, 1.82) is 0 Å². The van der Waals surface area contributed by atoms with Gasteiger partial charge in [-0.05, 0) is 41.1 Å². The van der Waals surface area contributed by atoms with E-state index in [1.54, 1.807) is 0 Å². The summed E-state index contributed by atoms with van der Waals surface area (Å²) in [5, 5.41) is 20.8. The minimum Gasteiger partial charge on any atom is -0.512 e. The third-order valence-electron chi connectivity index (χ3n) is 8.46. The molecule has 2 unspecified atom stereocenters. The molecule has 2 atom stereocenters. The number of allylic oxidation sites excluding steroid dienone is 1. The Morgan fingerprint density at radius 2 is 1.23 bits per heavy atom. The number of benzene rings is 3. The van der Waals surface area contributed by atoms with Crippen LogP contribution in [0.3, 0.4) is 0 Å². The lowest BCUT2D eigenvalue weighted by molar-refractivity contribution is -0.161. The molecule has 3 aromatic carbocycles. The minimum atomic E-state index is -1.39. The van der Waals surface area contributed by atoms with E-state index in [1.165, 1.54) is 0 Å². The fraction of sp³-hybridized carbons (Fsp3) is 0.350. The number of hydrogen-bond donors (Lipinski definition) is 2. The number of cyclic esters (lactones) is 2. The van der Waals surface area contributed by atoms with Gasteiger partial charge < -0.3 is 19.7 Å². The molecule has 0 saturated carbocycles. The Hall–Kier alpha value is -4.36. The molecular formula is C40H48O6Si. The topological polar surface area (TPSA) is 93.1 Å². The van der Waals surface area contributed by atoms with Gasteiger partial charge in [-0.1, -0.05) is 143 Å². The highest BCUT2D eigenvalue weighted by molar-refractivity contribution is 6.76. The van der Waals surface area contributed by atoms with Crippen molar-refractivity contribution < 1.29 is 29.3 Å². The summed E-state index contributed by atoms with van der Waals surface area (Å²) < 4.78 is 11.6. The molecular weight excluding hydrogens is 605 g/mol. The van der Waals surface area contributed by atoms with Gasteiger partial charge in [0.1, 0.15) is 28.3 Å². The molecule has 0 fully saturated rings. The molecule has 5 rings (SSSR count). The van der Waals surface area contributed by atoms with Gasteiger partial charge in [0.2, 0.25) is 0 Å². The molecule has 248 valence electrons.